The van der Waals surface area contributed by atoms with Crippen molar-refractivity contribution in [1.82, 2.24) is 0 Å². The Bertz CT molecular complexity index is 2840. The van der Waals surface area contributed by atoms with E-state index < -0.39 is 0 Å². The summed E-state index contributed by atoms with van der Waals surface area (Å²) in [6.45, 7) is 0. The maximum Gasteiger partial charge on any atom is 0.159 e. The zero-order chi connectivity index (χ0) is 34.4. The van der Waals surface area contributed by atoms with Crippen LogP contribution in [0.2, 0.25) is 0 Å². The fourth-order valence-electron chi connectivity index (χ4n) is 7.44. The van der Waals surface area contributed by atoms with Crippen LogP contribution in [0.4, 0.5) is 34.1 Å². The molecule has 0 bridgehead atoms. The molecule has 52 heavy (non-hydrogen) atoms. The standard InChI is InChI=1S/C48H32N2O2/c1-4-14-33(15-5-1)34-26-28-37(29-27-34)49(35-16-6-2-7-17-35)43-23-12-21-41-42-22-13-24-44(48(42)52-47(41)43)50(36-18-8-3-9-19-36)38-30-31-40-39-20-10-11-25-45(39)51-46(40)32-38/h1-32H. The Labute approximate surface area is 301 Å². The first kappa shape index (κ1) is 29.8. The van der Waals surface area contributed by atoms with E-state index >= 15 is 0 Å². The van der Waals surface area contributed by atoms with Crippen LogP contribution >= 0.6 is 0 Å². The van der Waals surface area contributed by atoms with Gasteiger partial charge < -0.3 is 18.6 Å². The van der Waals surface area contributed by atoms with E-state index in [4.69, 9.17) is 8.83 Å². The average Bonchev–Trinajstić information content (AvgIpc) is 3.79. The summed E-state index contributed by atoms with van der Waals surface area (Å²) < 4.78 is 13.4. The van der Waals surface area contributed by atoms with Crippen LogP contribution in [-0.2, 0) is 0 Å². The largest absolute Gasteiger partial charge is 0.456 e. The Morgan fingerprint density at radius 3 is 1.38 bits per heavy atom. The summed E-state index contributed by atoms with van der Waals surface area (Å²) in [6, 6.07) is 67.7. The summed E-state index contributed by atoms with van der Waals surface area (Å²) in [7, 11) is 0. The van der Waals surface area contributed by atoms with Gasteiger partial charge in [0, 0.05) is 44.7 Å². The van der Waals surface area contributed by atoms with E-state index in [1.54, 1.807) is 0 Å². The predicted molar refractivity (Wildman–Crippen MR) is 216 cm³/mol. The minimum absolute atomic E-state index is 0.811. The van der Waals surface area contributed by atoms with Crippen molar-refractivity contribution in [1.29, 1.82) is 0 Å². The molecule has 10 rings (SSSR count). The lowest BCUT2D eigenvalue weighted by atomic mass is 10.0. The first-order valence-electron chi connectivity index (χ1n) is 17.5. The Morgan fingerprint density at radius 1 is 0.288 bits per heavy atom. The minimum atomic E-state index is 0.811. The topological polar surface area (TPSA) is 32.8 Å². The van der Waals surface area contributed by atoms with Gasteiger partial charge in [-0.1, -0.05) is 121 Å². The maximum atomic E-state index is 7.08. The first-order valence-corrected chi connectivity index (χ1v) is 17.5. The number of nitrogens with zero attached hydrogens (tertiary/aromatic N) is 2. The van der Waals surface area contributed by atoms with E-state index in [9.17, 15) is 0 Å². The molecule has 0 N–H and O–H groups in total. The van der Waals surface area contributed by atoms with Gasteiger partial charge in [-0.2, -0.15) is 0 Å². The quantitative estimate of drug-likeness (QED) is 0.169. The van der Waals surface area contributed by atoms with E-state index in [0.717, 1.165) is 78.0 Å². The van der Waals surface area contributed by atoms with Crippen LogP contribution in [0, 0.1) is 0 Å². The lowest BCUT2D eigenvalue weighted by Crippen LogP contribution is -2.10. The zero-order valence-corrected chi connectivity index (χ0v) is 28.2. The molecule has 4 nitrogen and oxygen atoms in total. The molecule has 10 aromatic rings. The summed E-state index contributed by atoms with van der Waals surface area (Å²) in [4.78, 5) is 4.54. The fraction of sp³-hybridized carbons (Fsp3) is 0. The third-order valence-electron chi connectivity index (χ3n) is 9.85. The van der Waals surface area contributed by atoms with Crippen LogP contribution in [-0.4, -0.2) is 0 Å². The Morgan fingerprint density at radius 2 is 0.750 bits per heavy atom. The molecule has 0 unspecified atom stereocenters. The van der Waals surface area contributed by atoms with Crippen LogP contribution in [0.25, 0.3) is 55.0 Å². The van der Waals surface area contributed by atoms with Crippen molar-refractivity contribution < 1.29 is 8.83 Å². The maximum absolute atomic E-state index is 7.08. The molecule has 0 saturated heterocycles. The lowest BCUT2D eigenvalue weighted by Gasteiger charge is -2.26. The van der Waals surface area contributed by atoms with Crippen LogP contribution in [0.3, 0.4) is 0 Å². The number of hydrogen-bond acceptors (Lipinski definition) is 4. The highest BCUT2D eigenvalue weighted by molar-refractivity contribution is 6.14. The third-order valence-corrected chi connectivity index (χ3v) is 9.85. The number of furan rings is 2. The molecule has 2 aromatic heterocycles. The van der Waals surface area contributed by atoms with Crippen molar-refractivity contribution in [3.8, 4) is 11.1 Å². The van der Waals surface area contributed by atoms with Gasteiger partial charge in [-0.05, 0) is 77.9 Å². The Balaban J connectivity index is 1.16. The second-order valence-electron chi connectivity index (χ2n) is 12.9. The molecule has 0 aliphatic rings. The normalized spacial score (nSPS) is 11.5. The van der Waals surface area contributed by atoms with Crippen molar-refractivity contribution in [2.24, 2.45) is 0 Å². The third kappa shape index (κ3) is 5.00. The molecular formula is C48H32N2O2. The molecule has 246 valence electrons. The molecule has 0 saturated carbocycles. The smallest absolute Gasteiger partial charge is 0.159 e. The van der Waals surface area contributed by atoms with Crippen molar-refractivity contribution in [3.05, 3.63) is 194 Å². The summed E-state index contributed by atoms with van der Waals surface area (Å²) in [6.07, 6.45) is 0. The van der Waals surface area contributed by atoms with Gasteiger partial charge in [0.2, 0.25) is 0 Å². The summed E-state index contributed by atoms with van der Waals surface area (Å²) >= 11 is 0. The van der Waals surface area contributed by atoms with E-state index in [1.807, 2.05) is 24.3 Å². The van der Waals surface area contributed by atoms with Crippen LogP contribution < -0.4 is 9.80 Å². The van der Waals surface area contributed by atoms with Gasteiger partial charge in [0.1, 0.15) is 11.2 Å². The number of benzene rings is 8. The highest BCUT2D eigenvalue weighted by Gasteiger charge is 2.23. The number of para-hydroxylation sites is 5. The molecule has 0 fully saturated rings. The number of fused-ring (bicyclic) bond motifs is 6. The molecule has 0 aliphatic heterocycles. The second kappa shape index (κ2) is 12.4. The van der Waals surface area contributed by atoms with Gasteiger partial charge in [-0.3, -0.25) is 0 Å². The van der Waals surface area contributed by atoms with Gasteiger partial charge >= 0.3 is 0 Å². The summed E-state index contributed by atoms with van der Waals surface area (Å²) in [5, 5.41) is 4.31. The number of anilines is 6. The van der Waals surface area contributed by atoms with Crippen molar-refractivity contribution in [3.63, 3.8) is 0 Å². The lowest BCUT2D eigenvalue weighted by molar-refractivity contribution is 0.667. The summed E-state index contributed by atoms with van der Waals surface area (Å²) in [5.74, 6) is 0. The van der Waals surface area contributed by atoms with E-state index in [0.29, 0.717) is 0 Å². The van der Waals surface area contributed by atoms with E-state index in [-0.39, 0.29) is 0 Å². The molecule has 4 heteroatoms. The molecule has 0 radical (unpaired) electrons. The van der Waals surface area contributed by atoms with Crippen molar-refractivity contribution >= 4 is 78.0 Å². The molecule has 0 aliphatic carbocycles. The highest BCUT2D eigenvalue weighted by atomic mass is 16.3. The SMILES string of the molecule is c1ccc(-c2ccc(N(c3ccccc3)c3cccc4c3oc3c(N(c5ccccc5)c5ccc6c(c5)oc5ccccc56)cccc34)cc2)cc1. The van der Waals surface area contributed by atoms with E-state index in [2.05, 4.69) is 180 Å². The number of hydrogen-bond donors (Lipinski definition) is 0. The van der Waals surface area contributed by atoms with Gasteiger partial charge in [-0.15, -0.1) is 0 Å². The molecule has 0 spiro atoms. The van der Waals surface area contributed by atoms with Gasteiger partial charge in [-0.25, -0.2) is 0 Å². The number of rotatable bonds is 7. The van der Waals surface area contributed by atoms with Crippen LogP contribution in [0.15, 0.2) is 203 Å². The predicted octanol–water partition coefficient (Wildman–Crippen LogP) is 14.1. The van der Waals surface area contributed by atoms with E-state index in [1.165, 1.54) is 11.1 Å². The zero-order valence-electron chi connectivity index (χ0n) is 28.2. The summed E-state index contributed by atoms with van der Waals surface area (Å²) in [5.41, 5.74) is 11.7. The highest BCUT2D eigenvalue weighted by Crippen LogP contribution is 2.47. The molecule has 8 aromatic carbocycles. The fourth-order valence-corrected chi connectivity index (χ4v) is 7.44. The van der Waals surface area contributed by atoms with Crippen LogP contribution in [0.1, 0.15) is 0 Å². The molecule has 0 amide bonds. The molecule has 2 heterocycles. The molecule has 0 atom stereocenters. The monoisotopic (exact) mass is 668 g/mol. The van der Waals surface area contributed by atoms with Gasteiger partial charge in [0.15, 0.2) is 11.2 Å². The Kier molecular flexibility index (Phi) is 7.10. The van der Waals surface area contributed by atoms with Gasteiger partial charge in [0.25, 0.3) is 0 Å². The average molecular weight is 669 g/mol. The minimum Gasteiger partial charge on any atom is -0.456 e. The first-order chi connectivity index (χ1) is 25.8. The van der Waals surface area contributed by atoms with Crippen molar-refractivity contribution in [2.45, 2.75) is 0 Å². The molecular weight excluding hydrogens is 637 g/mol. The van der Waals surface area contributed by atoms with Crippen molar-refractivity contribution in [2.75, 3.05) is 9.80 Å². The second-order valence-corrected chi connectivity index (χ2v) is 12.9. The van der Waals surface area contributed by atoms with Crippen LogP contribution in [0.5, 0.6) is 0 Å². The Hall–Kier alpha value is -7.04. The van der Waals surface area contributed by atoms with Gasteiger partial charge in [0.05, 0.1) is 17.1 Å².